The highest BCUT2D eigenvalue weighted by Crippen LogP contribution is 2.18. The summed E-state index contributed by atoms with van der Waals surface area (Å²) >= 11 is 0. The first-order chi connectivity index (χ1) is 10.0. The van der Waals surface area contributed by atoms with Gasteiger partial charge in [-0.15, -0.1) is 0 Å². The number of hydrogen-bond donors (Lipinski definition) is 1. The van der Waals surface area contributed by atoms with Crippen molar-refractivity contribution >= 4 is 11.7 Å². The molecule has 0 radical (unpaired) electrons. The van der Waals surface area contributed by atoms with E-state index in [2.05, 4.69) is 10.1 Å². The lowest BCUT2D eigenvalue weighted by atomic mass is 10.1. The first-order valence-electron chi connectivity index (χ1n) is 6.38. The summed E-state index contributed by atoms with van der Waals surface area (Å²) in [7, 11) is 1.26. The number of benzene rings is 2. The summed E-state index contributed by atoms with van der Waals surface area (Å²) < 4.78 is 31.7. The summed E-state index contributed by atoms with van der Waals surface area (Å²) in [5.74, 6) is -1.34. The van der Waals surface area contributed by atoms with Gasteiger partial charge in [0.2, 0.25) is 0 Å². The second-order valence-corrected chi connectivity index (χ2v) is 4.62. The van der Waals surface area contributed by atoms with Crippen LogP contribution in [-0.4, -0.2) is 13.1 Å². The van der Waals surface area contributed by atoms with E-state index in [0.29, 0.717) is 11.1 Å². The summed E-state index contributed by atoms with van der Waals surface area (Å²) in [5.41, 5.74) is 1.65. The highest BCUT2D eigenvalue weighted by atomic mass is 19.1. The van der Waals surface area contributed by atoms with Crippen LogP contribution in [0.3, 0.4) is 0 Å². The lowest BCUT2D eigenvalue weighted by Crippen LogP contribution is -2.06. The van der Waals surface area contributed by atoms with E-state index in [4.69, 9.17) is 0 Å². The first kappa shape index (κ1) is 15.0. The van der Waals surface area contributed by atoms with Gasteiger partial charge in [-0.2, -0.15) is 0 Å². The van der Waals surface area contributed by atoms with Crippen molar-refractivity contribution in [1.82, 2.24) is 0 Å². The Bertz CT molecular complexity index is 671. The van der Waals surface area contributed by atoms with Crippen molar-refractivity contribution in [3.63, 3.8) is 0 Å². The molecule has 0 aliphatic carbocycles. The summed E-state index contributed by atoms with van der Waals surface area (Å²) in [5, 5.41) is 2.85. The molecule has 1 N–H and O–H groups in total. The van der Waals surface area contributed by atoms with Gasteiger partial charge in [0.1, 0.15) is 11.6 Å². The van der Waals surface area contributed by atoms with E-state index in [1.54, 1.807) is 19.1 Å². The number of esters is 1. The van der Waals surface area contributed by atoms with Gasteiger partial charge in [0, 0.05) is 6.54 Å². The van der Waals surface area contributed by atoms with Crippen LogP contribution in [-0.2, 0) is 11.3 Å². The van der Waals surface area contributed by atoms with Gasteiger partial charge in [0.05, 0.1) is 18.4 Å². The van der Waals surface area contributed by atoms with Gasteiger partial charge in [0.25, 0.3) is 0 Å². The molecule has 0 fully saturated rings. The van der Waals surface area contributed by atoms with Crippen molar-refractivity contribution in [3.05, 3.63) is 64.7 Å². The predicted octanol–water partition coefficient (Wildman–Crippen LogP) is 3.67. The molecule has 0 atom stereocenters. The fourth-order valence-corrected chi connectivity index (χ4v) is 1.85. The standard InChI is InChI=1S/C16H15F2NO2/c1-10-3-4-11(7-14(10)18)9-19-15-8-12(16(20)21-2)5-6-13(15)17/h3-8,19H,9H2,1-2H3. The van der Waals surface area contributed by atoms with Gasteiger partial charge >= 0.3 is 5.97 Å². The maximum absolute atomic E-state index is 13.7. The zero-order chi connectivity index (χ0) is 15.4. The fraction of sp³-hybridized carbons (Fsp3) is 0.188. The molecule has 0 amide bonds. The van der Waals surface area contributed by atoms with Crippen molar-refractivity contribution in [2.75, 3.05) is 12.4 Å². The summed E-state index contributed by atoms with van der Waals surface area (Å²) in [6.07, 6.45) is 0. The molecule has 21 heavy (non-hydrogen) atoms. The highest BCUT2D eigenvalue weighted by Gasteiger charge is 2.10. The van der Waals surface area contributed by atoms with Crippen LogP contribution in [0.4, 0.5) is 14.5 Å². The van der Waals surface area contributed by atoms with Gasteiger partial charge in [-0.05, 0) is 42.3 Å². The van der Waals surface area contributed by atoms with Crippen LogP contribution < -0.4 is 5.32 Å². The highest BCUT2D eigenvalue weighted by molar-refractivity contribution is 5.90. The third-order valence-electron chi connectivity index (χ3n) is 3.11. The van der Waals surface area contributed by atoms with Gasteiger partial charge in [-0.1, -0.05) is 12.1 Å². The molecule has 0 bridgehead atoms. The number of ether oxygens (including phenoxy) is 1. The van der Waals surface area contributed by atoms with E-state index in [9.17, 15) is 13.6 Å². The Balaban J connectivity index is 2.15. The minimum absolute atomic E-state index is 0.166. The monoisotopic (exact) mass is 291 g/mol. The largest absolute Gasteiger partial charge is 0.465 e. The zero-order valence-electron chi connectivity index (χ0n) is 11.7. The van der Waals surface area contributed by atoms with Gasteiger partial charge < -0.3 is 10.1 Å². The van der Waals surface area contributed by atoms with E-state index in [1.165, 1.54) is 31.4 Å². The molecule has 2 aromatic carbocycles. The molecule has 0 saturated heterocycles. The maximum Gasteiger partial charge on any atom is 0.337 e. The molecule has 0 aliphatic rings. The number of anilines is 1. The summed E-state index contributed by atoms with van der Waals surface area (Å²) in [6, 6.07) is 8.71. The molecule has 0 unspecified atom stereocenters. The van der Waals surface area contributed by atoms with Crippen LogP contribution >= 0.6 is 0 Å². The number of hydrogen-bond acceptors (Lipinski definition) is 3. The Morgan fingerprint density at radius 3 is 2.57 bits per heavy atom. The third kappa shape index (κ3) is 3.56. The number of halogens is 2. The third-order valence-corrected chi connectivity index (χ3v) is 3.11. The summed E-state index contributed by atoms with van der Waals surface area (Å²) in [6.45, 7) is 1.92. The van der Waals surface area contributed by atoms with E-state index in [-0.39, 0.29) is 23.6 Å². The van der Waals surface area contributed by atoms with Crippen LogP contribution in [0, 0.1) is 18.6 Å². The molecule has 2 aromatic rings. The van der Waals surface area contributed by atoms with E-state index < -0.39 is 11.8 Å². The smallest absolute Gasteiger partial charge is 0.337 e. The Kier molecular flexibility index (Phi) is 4.52. The maximum atomic E-state index is 13.7. The second-order valence-electron chi connectivity index (χ2n) is 4.62. The molecule has 0 heterocycles. The second kappa shape index (κ2) is 6.35. The van der Waals surface area contributed by atoms with Crippen LogP contribution in [0.2, 0.25) is 0 Å². The molecule has 0 aliphatic heterocycles. The Labute approximate surface area is 121 Å². The molecule has 0 spiro atoms. The van der Waals surface area contributed by atoms with Gasteiger partial charge in [-0.3, -0.25) is 0 Å². The normalized spacial score (nSPS) is 10.3. The average Bonchev–Trinajstić information content (AvgIpc) is 2.49. The Hall–Kier alpha value is -2.43. The lowest BCUT2D eigenvalue weighted by Gasteiger charge is -2.10. The van der Waals surface area contributed by atoms with Crippen molar-refractivity contribution in [3.8, 4) is 0 Å². The van der Waals surface area contributed by atoms with Crippen molar-refractivity contribution < 1.29 is 18.3 Å². The molecule has 3 nitrogen and oxygen atoms in total. The minimum Gasteiger partial charge on any atom is -0.465 e. The topological polar surface area (TPSA) is 38.3 Å². The Morgan fingerprint density at radius 1 is 1.14 bits per heavy atom. The molecule has 0 saturated carbocycles. The summed E-state index contributed by atoms with van der Waals surface area (Å²) in [4.78, 5) is 11.4. The molecule has 2 rings (SSSR count). The molecule has 110 valence electrons. The molecular formula is C16H15F2NO2. The quantitative estimate of drug-likeness (QED) is 0.873. The molecule has 0 aromatic heterocycles. The van der Waals surface area contributed by atoms with Crippen LogP contribution in [0.1, 0.15) is 21.5 Å². The van der Waals surface area contributed by atoms with E-state index in [0.717, 1.165) is 0 Å². The minimum atomic E-state index is -0.542. The van der Waals surface area contributed by atoms with E-state index in [1.807, 2.05) is 0 Å². The first-order valence-corrected chi connectivity index (χ1v) is 6.38. The SMILES string of the molecule is COC(=O)c1ccc(F)c(NCc2ccc(C)c(F)c2)c1. The number of aryl methyl sites for hydroxylation is 1. The van der Waals surface area contributed by atoms with Gasteiger partial charge in [-0.25, -0.2) is 13.6 Å². The predicted molar refractivity (Wildman–Crippen MR) is 76.2 cm³/mol. The Morgan fingerprint density at radius 2 is 1.90 bits per heavy atom. The van der Waals surface area contributed by atoms with Crippen molar-refractivity contribution in [1.29, 1.82) is 0 Å². The van der Waals surface area contributed by atoms with E-state index >= 15 is 0 Å². The molecular weight excluding hydrogens is 276 g/mol. The zero-order valence-corrected chi connectivity index (χ0v) is 11.7. The van der Waals surface area contributed by atoms with Crippen LogP contribution in [0.15, 0.2) is 36.4 Å². The van der Waals surface area contributed by atoms with Crippen LogP contribution in [0.5, 0.6) is 0 Å². The fourth-order valence-electron chi connectivity index (χ4n) is 1.85. The lowest BCUT2D eigenvalue weighted by molar-refractivity contribution is 0.0600. The number of methoxy groups -OCH3 is 1. The number of carbonyl (C=O) groups excluding carboxylic acids is 1. The molecule has 5 heteroatoms. The van der Waals surface area contributed by atoms with Gasteiger partial charge in [0.15, 0.2) is 0 Å². The van der Waals surface area contributed by atoms with Crippen molar-refractivity contribution in [2.45, 2.75) is 13.5 Å². The van der Waals surface area contributed by atoms with Crippen LogP contribution in [0.25, 0.3) is 0 Å². The number of rotatable bonds is 4. The number of nitrogens with one attached hydrogen (secondary N) is 1. The average molecular weight is 291 g/mol. The van der Waals surface area contributed by atoms with Crippen molar-refractivity contribution in [2.24, 2.45) is 0 Å². The number of carbonyl (C=O) groups is 1.